The summed E-state index contributed by atoms with van der Waals surface area (Å²) in [5, 5.41) is 2.96. The van der Waals surface area contributed by atoms with Crippen LogP contribution < -0.4 is 10.1 Å². The van der Waals surface area contributed by atoms with Crippen molar-refractivity contribution in [3.05, 3.63) is 23.8 Å². The lowest BCUT2D eigenvalue weighted by Gasteiger charge is -2.37. The highest BCUT2D eigenvalue weighted by Gasteiger charge is 2.42. The summed E-state index contributed by atoms with van der Waals surface area (Å²) in [7, 11) is 0. The van der Waals surface area contributed by atoms with Gasteiger partial charge in [0, 0.05) is 12.3 Å². The number of hydrogen-bond acceptors (Lipinski definition) is 5. The second-order valence-corrected chi connectivity index (χ2v) is 7.83. The first-order chi connectivity index (χ1) is 13.8. The quantitative estimate of drug-likeness (QED) is 0.588. The van der Waals surface area contributed by atoms with Gasteiger partial charge in [-0.2, -0.15) is 0 Å². The van der Waals surface area contributed by atoms with E-state index in [4.69, 9.17) is 14.2 Å². The van der Waals surface area contributed by atoms with Crippen LogP contribution in [0.2, 0.25) is 0 Å². The summed E-state index contributed by atoms with van der Waals surface area (Å²) in [6, 6.07) is 5.09. The van der Waals surface area contributed by atoms with Crippen LogP contribution in [0.25, 0.3) is 0 Å². The van der Waals surface area contributed by atoms with Crippen LogP contribution >= 0.6 is 0 Å². The predicted molar refractivity (Wildman–Crippen MR) is 113 cm³/mol. The number of benzene rings is 1. The maximum Gasteiger partial charge on any atom is 0.341 e. The summed E-state index contributed by atoms with van der Waals surface area (Å²) >= 11 is 0. The maximum atomic E-state index is 13.1. The molecule has 0 aromatic heterocycles. The average molecular weight is 406 g/mol. The molecule has 0 aliphatic heterocycles. The van der Waals surface area contributed by atoms with Gasteiger partial charge in [-0.05, 0) is 77.0 Å². The predicted octanol–water partition coefficient (Wildman–Crippen LogP) is 4.96. The maximum absolute atomic E-state index is 13.1. The molecule has 0 bridgehead atoms. The zero-order chi connectivity index (χ0) is 21.4. The van der Waals surface area contributed by atoms with E-state index in [2.05, 4.69) is 12.2 Å². The Morgan fingerprint density at radius 2 is 1.86 bits per heavy atom. The number of rotatable bonds is 9. The lowest BCUT2D eigenvalue weighted by molar-refractivity contribution is -0.146. The van der Waals surface area contributed by atoms with Crippen molar-refractivity contribution in [3.63, 3.8) is 0 Å². The zero-order valence-corrected chi connectivity index (χ0v) is 18.4. The minimum absolute atomic E-state index is 0.0333. The van der Waals surface area contributed by atoms with Gasteiger partial charge in [-0.3, -0.25) is 4.79 Å². The van der Waals surface area contributed by atoms with Gasteiger partial charge in [0.25, 0.3) is 5.91 Å². The number of hydrogen-bond donors (Lipinski definition) is 1. The monoisotopic (exact) mass is 405 g/mol. The highest BCUT2D eigenvalue weighted by atomic mass is 16.5. The van der Waals surface area contributed by atoms with E-state index in [0.29, 0.717) is 42.4 Å². The number of nitrogens with one attached hydrogen (secondary N) is 1. The van der Waals surface area contributed by atoms with Gasteiger partial charge < -0.3 is 19.5 Å². The summed E-state index contributed by atoms with van der Waals surface area (Å²) in [6.07, 6.45) is 4.11. The van der Waals surface area contributed by atoms with Crippen molar-refractivity contribution >= 4 is 17.6 Å². The van der Waals surface area contributed by atoms with Crippen LogP contribution in [-0.2, 0) is 14.3 Å². The first-order valence-corrected chi connectivity index (χ1v) is 10.8. The van der Waals surface area contributed by atoms with Crippen LogP contribution in [0.3, 0.4) is 0 Å². The molecule has 162 valence electrons. The molecule has 6 heteroatoms. The lowest BCUT2D eigenvalue weighted by atomic mass is 9.78. The summed E-state index contributed by atoms with van der Waals surface area (Å²) in [4.78, 5) is 25.6. The number of anilines is 1. The third kappa shape index (κ3) is 5.95. The van der Waals surface area contributed by atoms with E-state index in [1.165, 1.54) is 0 Å². The molecule has 1 fully saturated rings. The summed E-state index contributed by atoms with van der Waals surface area (Å²) in [5.74, 6) is 0.440. The first-order valence-electron chi connectivity index (χ1n) is 10.8. The van der Waals surface area contributed by atoms with Gasteiger partial charge in [-0.25, -0.2) is 4.79 Å². The van der Waals surface area contributed by atoms with E-state index in [9.17, 15) is 9.59 Å². The van der Waals surface area contributed by atoms with Crippen LogP contribution in [0.15, 0.2) is 18.2 Å². The Kier molecular flexibility index (Phi) is 8.50. The molecular formula is C23H35NO5. The van der Waals surface area contributed by atoms with Gasteiger partial charge in [0.05, 0.1) is 12.7 Å². The molecule has 1 aromatic rings. The average Bonchev–Trinajstić information content (AvgIpc) is 2.71. The van der Waals surface area contributed by atoms with E-state index < -0.39 is 11.6 Å². The van der Waals surface area contributed by atoms with E-state index in [-0.39, 0.29) is 18.6 Å². The second-order valence-electron chi connectivity index (χ2n) is 7.83. The minimum Gasteiger partial charge on any atom is -0.490 e. The topological polar surface area (TPSA) is 73.9 Å². The normalized spacial score (nSPS) is 22.6. The molecule has 0 spiro atoms. The highest BCUT2D eigenvalue weighted by Crippen LogP contribution is 2.36. The summed E-state index contributed by atoms with van der Waals surface area (Å²) < 4.78 is 17.0. The molecule has 29 heavy (non-hydrogen) atoms. The Morgan fingerprint density at radius 3 is 2.45 bits per heavy atom. The largest absolute Gasteiger partial charge is 0.490 e. The van der Waals surface area contributed by atoms with Crippen molar-refractivity contribution in [1.29, 1.82) is 0 Å². The summed E-state index contributed by atoms with van der Waals surface area (Å²) in [5.41, 5.74) is 0.0389. The fraction of sp³-hybridized carbons (Fsp3) is 0.652. The summed E-state index contributed by atoms with van der Waals surface area (Å²) in [6.45, 7) is 10.6. The van der Waals surface area contributed by atoms with Crippen molar-refractivity contribution in [2.45, 2.75) is 78.4 Å². The fourth-order valence-electron chi connectivity index (χ4n) is 3.57. The molecular weight excluding hydrogens is 370 g/mol. The van der Waals surface area contributed by atoms with Gasteiger partial charge in [0.2, 0.25) is 0 Å². The Hall–Kier alpha value is -2.08. The third-order valence-corrected chi connectivity index (χ3v) is 5.55. The minimum atomic E-state index is -0.808. The van der Waals surface area contributed by atoms with Crippen LogP contribution in [-0.4, -0.2) is 36.8 Å². The molecule has 0 radical (unpaired) electrons. The van der Waals surface area contributed by atoms with Crippen molar-refractivity contribution in [1.82, 2.24) is 0 Å². The molecule has 0 unspecified atom stereocenters. The number of amides is 1. The van der Waals surface area contributed by atoms with Gasteiger partial charge in [0.15, 0.2) is 0 Å². The van der Waals surface area contributed by atoms with E-state index in [0.717, 1.165) is 19.3 Å². The highest BCUT2D eigenvalue weighted by molar-refractivity contribution is 5.99. The van der Waals surface area contributed by atoms with Crippen LogP contribution in [0, 0.1) is 5.92 Å². The Bertz CT molecular complexity index is 695. The van der Waals surface area contributed by atoms with Gasteiger partial charge in [-0.15, -0.1) is 0 Å². The molecule has 1 saturated carbocycles. The third-order valence-electron chi connectivity index (χ3n) is 5.55. The van der Waals surface area contributed by atoms with Crippen molar-refractivity contribution < 1.29 is 23.8 Å². The number of carbonyl (C=O) groups is 2. The zero-order valence-electron chi connectivity index (χ0n) is 18.4. The molecule has 6 nitrogen and oxygen atoms in total. The Morgan fingerprint density at radius 1 is 1.17 bits per heavy atom. The molecule has 1 aliphatic rings. The number of esters is 1. The molecule has 1 aromatic carbocycles. The number of ether oxygens (including phenoxy) is 3. The van der Waals surface area contributed by atoms with Gasteiger partial charge >= 0.3 is 5.97 Å². The molecule has 0 saturated heterocycles. The molecule has 0 heterocycles. The fourth-order valence-corrected chi connectivity index (χ4v) is 3.57. The van der Waals surface area contributed by atoms with Gasteiger partial charge in [0.1, 0.15) is 16.9 Å². The SMILES string of the molecule is CCOC(=O)c1cc(NC(=O)C2(OCC)CCC(C)CC2)ccc1O[C@@H](C)CC. The molecule has 2 rings (SSSR count). The van der Waals surface area contributed by atoms with Gasteiger partial charge in [-0.1, -0.05) is 13.8 Å². The Balaban J connectivity index is 2.25. The van der Waals surface area contributed by atoms with E-state index >= 15 is 0 Å². The van der Waals surface area contributed by atoms with E-state index in [1.807, 2.05) is 20.8 Å². The first kappa shape index (κ1) is 23.2. The smallest absolute Gasteiger partial charge is 0.341 e. The van der Waals surface area contributed by atoms with Crippen LogP contribution in [0.5, 0.6) is 5.75 Å². The van der Waals surface area contributed by atoms with Crippen molar-refractivity contribution in [3.8, 4) is 5.75 Å². The van der Waals surface area contributed by atoms with Crippen molar-refractivity contribution in [2.24, 2.45) is 5.92 Å². The molecule has 1 N–H and O–H groups in total. The van der Waals surface area contributed by atoms with Crippen LogP contribution in [0.1, 0.15) is 77.1 Å². The van der Waals surface area contributed by atoms with E-state index in [1.54, 1.807) is 25.1 Å². The second kappa shape index (κ2) is 10.6. The van der Waals surface area contributed by atoms with Crippen LogP contribution in [0.4, 0.5) is 5.69 Å². The molecule has 1 aliphatic carbocycles. The molecule has 1 amide bonds. The standard InChI is InChI=1S/C23H35NO5/c1-6-17(5)29-20-10-9-18(15-19(20)21(25)27-7-2)24-22(26)23(28-8-3)13-11-16(4)12-14-23/h9-10,15-17H,6-8,11-14H2,1-5H3,(H,24,26)/t16?,17-,23?/m0/s1. The Labute approximate surface area is 174 Å². The molecule has 1 atom stereocenters. The number of carbonyl (C=O) groups excluding carboxylic acids is 2. The lowest BCUT2D eigenvalue weighted by Crippen LogP contribution is -2.48. The van der Waals surface area contributed by atoms with Crippen molar-refractivity contribution in [2.75, 3.05) is 18.5 Å².